The molecule has 0 radical (unpaired) electrons. The first-order valence-corrected chi connectivity index (χ1v) is 6.43. The molecule has 0 bridgehead atoms. The maximum absolute atomic E-state index is 13.5. The van der Waals surface area contributed by atoms with Crippen molar-refractivity contribution in [3.8, 4) is 11.1 Å². The Morgan fingerprint density at radius 3 is 2.36 bits per heavy atom. The van der Waals surface area contributed by atoms with Crippen LogP contribution in [0.1, 0.15) is 32.1 Å². The van der Waals surface area contributed by atoms with Gasteiger partial charge in [0.1, 0.15) is 5.82 Å². The van der Waals surface area contributed by atoms with E-state index in [1.54, 1.807) is 6.92 Å². The van der Waals surface area contributed by atoms with E-state index in [1.807, 2.05) is 0 Å². The zero-order valence-electron chi connectivity index (χ0n) is 12.3. The molecule has 0 atom stereocenters. The number of rotatable bonds is 3. The summed E-state index contributed by atoms with van der Waals surface area (Å²) in [4.78, 5) is 27.6. The van der Waals surface area contributed by atoms with Gasteiger partial charge in [0.25, 0.3) is 0 Å². The predicted octanol–water partition coefficient (Wildman–Crippen LogP) is 1.65. The lowest BCUT2D eigenvalue weighted by Crippen LogP contribution is -2.26. The van der Waals surface area contributed by atoms with Gasteiger partial charge >= 0.3 is 5.97 Å². The number of carboxylic acid groups (broad SMARTS) is 1. The van der Waals surface area contributed by atoms with E-state index in [4.69, 9.17) is 4.74 Å². The zero-order chi connectivity index (χ0) is 16.4. The highest BCUT2D eigenvalue weighted by molar-refractivity contribution is 6.06. The zero-order valence-corrected chi connectivity index (χ0v) is 12.3. The third kappa shape index (κ3) is 2.67. The molecule has 114 valence electrons. The Morgan fingerprint density at radius 1 is 1.18 bits per heavy atom. The molecule has 1 heterocycles. The van der Waals surface area contributed by atoms with Crippen molar-refractivity contribution in [3.05, 3.63) is 52.6 Å². The number of methoxy groups -OCH3 is 1. The Hall–Kier alpha value is -2.76. The molecule has 22 heavy (non-hydrogen) atoms. The van der Waals surface area contributed by atoms with Gasteiger partial charge in [0.15, 0.2) is 0 Å². The highest BCUT2D eigenvalue weighted by atomic mass is 19.1. The first kappa shape index (κ1) is 15.6. The Kier molecular flexibility index (Phi) is 4.21. The maximum Gasteiger partial charge on any atom is 0.340 e. The van der Waals surface area contributed by atoms with Crippen molar-refractivity contribution in [2.24, 2.45) is 0 Å². The Balaban J connectivity index is 2.94. The van der Waals surface area contributed by atoms with E-state index in [0.717, 1.165) is 6.07 Å². The lowest BCUT2D eigenvalue weighted by molar-refractivity contribution is -0.255. The minimum absolute atomic E-state index is 0.0158. The van der Waals surface area contributed by atoms with Crippen molar-refractivity contribution in [3.63, 3.8) is 0 Å². The number of benzene rings is 1. The second-order valence-electron chi connectivity index (χ2n) is 4.70. The van der Waals surface area contributed by atoms with Crippen LogP contribution < -0.4 is 5.11 Å². The van der Waals surface area contributed by atoms with Crippen LogP contribution in [0.5, 0.6) is 0 Å². The molecule has 0 fully saturated rings. The predicted molar refractivity (Wildman–Crippen MR) is 74.8 cm³/mol. The number of carboxylic acids is 1. The molecule has 0 aliphatic rings. The Morgan fingerprint density at radius 2 is 1.82 bits per heavy atom. The van der Waals surface area contributed by atoms with Gasteiger partial charge in [-0.05, 0) is 31.5 Å². The number of carbonyl (C=O) groups is 2. The fourth-order valence-electron chi connectivity index (χ4n) is 2.38. The van der Waals surface area contributed by atoms with Crippen LogP contribution >= 0.6 is 0 Å². The first-order valence-electron chi connectivity index (χ1n) is 6.43. The van der Waals surface area contributed by atoms with Crippen LogP contribution in [-0.4, -0.2) is 24.0 Å². The average molecular weight is 302 g/mol. The van der Waals surface area contributed by atoms with Crippen LogP contribution in [-0.2, 0) is 4.74 Å². The second-order valence-corrected chi connectivity index (χ2v) is 4.70. The number of carbonyl (C=O) groups excluding carboxylic acids is 2. The lowest BCUT2D eigenvalue weighted by atomic mass is 9.92. The number of hydrogen-bond acceptors (Lipinski definition) is 5. The highest BCUT2D eigenvalue weighted by Gasteiger charge is 2.23. The molecule has 0 aliphatic carbocycles. The molecule has 5 nitrogen and oxygen atoms in total. The lowest BCUT2D eigenvalue weighted by Gasteiger charge is -2.18. The number of aromatic nitrogens is 1. The summed E-state index contributed by atoms with van der Waals surface area (Å²) < 4.78 is 18.2. The monoisotopic (exact) mass is 302 g/mol. The number of esters is 1. The van der Waals surface area contributed by atoms with E-state index in [2.05, 4.69) is 4.98 Å². The molecule has 0 spiro atoms. The van der Waals surface area contributed by atoms with E-state index < -0.39 is 17.8 Å². The number of halogens is 1. The molecule has 1 aromatic carbocycles. The van der Waals surface area contributed by atoms with Gasteiger partial charge in [-0.15, -0.1) is 0 Å². The minimum Gasteiger partial charge on any atom is -0.545 e. The second kappa shape index (κ2) is 5.93. The first-order chi connectivity index (χ1) is 10.4. The highest BCUT2D eigenvalue weighted by Crippen LogP contribution is 2.31. The molecule has 0 saturated carbocycles. The van der Waals surface area contributed by atoms with Crippen LogP contribution in [0.2, 0.25) is 0 Å². The number of aromatic carboxylic acids is 1. The van der Waals surface area contributed by atoms with Crippen LogP contribution in [0, 0.1) is 19.7 Å². The number of hydrogen-bond donors (Lipinski definition) is 0. The molecular formula is C16H13FNO4-. The van der Waals surface area contributed by atoms with Gasteiger partial charge in [-0.25, -0.2) is 9.18 Å². The van der Waals surface area contributed by atoms with Gasteiger partial charge in [0.2, 0.25) is 0 Å². The minimum atomic E-state index is -1.49. The molecule has 2 rings (SSSR count). The summed E-state index contributed by atoms with van der Waals surface area (Å²) >= 11 is 0. The third-order valence-corrected chi connectivity index (χ3v) is 3.27. The SMILES string of the molecule is COC(=O)c1c(C)nc(C)c(C(=O)[O-])c1-c1cccc(F)c1. The molecule has 6 heteroatoms. The summed E-state index contributed by atoms with van der Waals surface area (Å²) in [6.07, 6.45) is 0. The molecule has 2 aromatic rings. The summed E-state index contributed by atoms with van der Waals surface area (Å²) in [6.45, 7) is 3.04. The number of nitrogens with zero attached hydrogens (tertiary/aromatic N) is 1. The van der Waals surface area contributed by atoms with Crippen molar-refractivity contribution in [2.45, 2.75) is 13.8 Å². The molecule has 0 N–H and O–H groups in total. The summed E-state index contributed by atoms with van der Waals surface area (Å²) in [5.41, 5.74) is 0.511. The fraction of sp³-hybridized carbons (Fsp3) is 0.188. The van der Waals surface area contributed by atoms with Crippen molar-refractivity contribution in [1.82, 2.24) is 4.98 Å². The normalized spacial score (nSPS) is 10.4. The largest absolute Gasteiger partial charge is 0.545 e. The number of aryl methyl sites for hydroxylation is 2. The van der Waals surface area contributed by atoms with Crippen LogP contribution in [0.15, 0.2) is 24.3 Å². The van der Waals surface area contributed by atoms with E-state index in [-0.39, 0.29) is 27.9 Å². The van der Waals surface area contributed by atoms with Crippen LogP contribution in [0.25, 0.3) is 11.1 Å². The topological polar surface area (TPSA) is 79.3 Å². The van der Waals surface area contributed by atoms with Crippen LogP contribution in [0.3, 0.4) is 0 Å². The molecule has 0 amide bonds. The number of ether oxygens (including phenoxy) is 1. The van der Waals surface area contributed by atoms with Gasteiger partial charge in [-0.1, -0.05) is 12.1 Å². The van der Waals surface area contributed by atoms with Gasteiger partial charge in [0.05, 0.1) is 24.3 Å². The summed E-state index contributed by atoms with van der Waals surface area (Å²) in [5.74, 6) is -2.79. The van der Waals surface area contributed by atoms with Crippen molar-refractivity contribution in [1.29, 1.82) is 0 Å². The van der Waals surface area contributed by atoms with E-state index in [1.165, 1.54) is 32.2 Å². The smallest absolute Gasteiger partial charge is 0.340 e. The average Bonchev–Trinajstić information content (AvgIpc) is 2.45. The Bertz CT molecular complexity index is 771. The quantitative estimate of drug-likeness (QED) is 0.806. The van der Waals surface area contributed by atoms with Gasteiger partial charge in [0, 0.05) is 16.8 Å². The third-order valence-electron chi connectivity index (χ3n) is 3.27. The molecule has 0 saturated heterocycles. The fourth-order valence-corrected chi connectivity index (χ4v) is 2.38. The maximum atomic E-state index is 13.5. The van der Waals surface area contributed by atoms with Crippen molar-refractivity contribution in [2.75, 3.05) is 7.11 Å². The Labute approximate surface area is 126 Å². The summed E-state index contributed by atoms with van der Waals surface area (Å²) in [7, 11) is 1.18. The number of pyridine rings is 1. The molecule has 0 unspecified atom stereocenters. The molecule has 1 aromatic heterocycles. The standard InChI is InChI=1S/C16H14FNO4/c1-8-12(15(19)20)14(10-5-4-6-11(17)7-10)13(9(2)18-8)16(21)22-3/h4-7H,1-3H3,(H,19,20)/p-1. The summed E-state index contributed by atoms with van der Waals surface area (Å²) in [6, 6.07) is 5.31. The molecular weight excluding hydrogens is 289 g/mol. The van der Waals surface area contributed by atoms with Crippen molar-refractivity contribution >= 4 is 11.9 Å². The van der Waals surface area contributed by atoms with Gasteiger partial charge < -0.3 is 14.6 Å². The molecule has 0 aliphatic heterocycles. The van der Waals surface area contributed by atoms with Crippen molar-refractivity contribution < 1.29 is 23.8 Å². The van der Waals surface area contributed by atoms with E-state index >= 15 is 0 Å². The van der Waals surface area contributed by atoms with Crippen LogP contribution in [0.4, 0.5) is 4.39 Å². The van der Waals surface area contributed by atoms with E-state index in [9.17, 15) is 19.1 Å². The summed E-state index contributed by atoms with van der Waals surface area (Å²) in [5, 5.41) is 11.5. The van der Waals surface area contributed by atoms with Gasteiger partial charge in [-0.3, -0.25) is 4.98 Å². The van der Waals surface area contributed by atoms with Gasteiger partial charge in [-0.2, -0.15) is 0 Å². The van der Waals surface area contributed by atoms with E-state index in [0.29, 0.717) is 5.69 Å².